The first-order valence-corrected chi connectivity index (χ1v) is 9.31. The molecule has 0 aliphatic heterocycles. The first-order valence-electron chi connectivity index (χ1n) is 8.49. The van der Waals surface area contributed by atoms with Crippen molar-refractivity contribution in [1.29, 1.82) is 0 Å². The highest BCUT2D eigenvalue weighted by Gasteiger charge is 2.20. The van der Waals surface area contributed by atoms with Crippen molar-refractivity contribution in [3.05, 3.63) is 70.2 Å². The normalized spacial score (nSPS) is 10.3. The molecule has 0 unspecified atom stereocenters. The van der Waals surface area contributed by atoms with Crippen molar-refractivity contribution in [2.75, 3.05) is 14.2 Å². The lowest BCUT2D eigenvalue weighted by molar-refractivity contribution is 0.0593. The fraction of sp³-hybridized carbons (Fsp3) is 0.143. The van der Waals surface area contributed by atoms with Crippen LogP contribution in [0.1, 0.15) is 36.1 Å². The van der Waals surface area contributed by atoms with Crippen molar-refractivity contribution in [1.82, 2.24) is 4.98 Å². The molecule has 0 saturated carbocycles. The zero-order valence-corrected chi connectivity index (χ0v) is 16.7. The Morgan fingerprint density at radius 1 is 0.862 bits per heavy atom. The minimum absolute atomic E-state index is 0.0207. The first-order chi connectivity index (χ1) is 13.9. The molecule has 0 N–H and O–H groups in total. The number of carbonyl (C=O) groups is 3. The number of carbonyl (C=O) groups excluding carboxylic acids is 3. The highest BCUT2D eigenvalue weighted by molar-refractivity contribution is 7.17. The van der Waals surface area contributed by atoms with E-state index in [4.69, 9.17) is 4.74 Å². The lowest BCUT2D eigenvalue weighted by atomic mass is 10.1. The maximum absolute atomic E-state index is 12.7. The molecule has 0 fully saturated rings. The molecule has 0 atom stereocenters. The molecule has 8 heteroatoms. The molecule has 1 heterocycles. The molecule has 0 spiro atoms. The van der Waals surface area contributed by atoms with Crippen LogP contribution < -0.4 is 4.74 Å². The summed E-state index contributed by atoms with van der Waals surface area (Å²) in [6.07, 6.45) is 0. The lowest BCUT2D eigenvalue weighted by Crippen LogP contribution is -2.11. The van der Waals surface area contributed by atoms with E-state index in [1.165, 1.54) is 43.8 Å². The summed E-state index contributed by atoms with van der Waals surface area (Å²) in [5, 5.41) is 0.689. The summed E-state index contributed by atoms with van der Waals surface area (Å²) in [6, 6.07) is 13.4. The van der Waals surface area contributed by atoms with Crippen LogP contribution in [0.5, 0.6) is 5.75 Å². The Balaban J connectivity index is 1.91. The standard InChI is InChI=1S/C21H17NO6S/c1-12-17(29-18(22-12)13-7-5-4-6-8-13)21(25)28-16-10-14(19(23)26-2)9-15(11-16)20(24)27-3/h4-11H,1-3H3. The number of aromatic nitrogens is 1. The average Bonchev–Trinajstić information content (AvgIpc) is 3.14. The zero-order chi connectivity index (χ0) is 21.0. The van der Waals surface area contributed by atoms with Gasteiger partial charge in [0.1, 0.15) is 15.6 Å². The minimum Gasteiger partial charge on any atom is -0.465 e. The SMILES string of the molecule is COC(=O)c1cc(OC(=O)c2sc(-c3ccccc3)nc2C)cc(C(=O)OC)c1. The number of methoxy groups -OCH3 is 2. The number of aryl methyl sites for hydroxylation is 1. The lowest BCUT2D eigenvalue weighted by Gasteiger charge is -2.08. The third-order valence-electron chi connectivity index (χ3n) is 3.96. The van der Waals surface area contributed by atoms with Gasteiger partial charge in [0.05, 0.1) is 31.0 Å². The van der Waals surface area contributed by atoms with E-state index in [0.717, 1.165) is 5.56 Å². The van der Waals surface area contributed by atoms with Gasteiger partial charge in [0.15, 0.2) is 0 Å². The predicted molar refractivity (Wildman–Crippen MR) is 106 cm³/mol. The number of hydrogen-bond acceptors (Lipinski definition) is 8. The van der Waals surface area contributed by atoms with Crippen LogP contribution in [0.25, 0.3) is 10.6 Å². The Bertz CT molecular complexity index is 1040. The molecule has 0 aliphatic rings. The Morgan fingerprint density at radius 3 is 2.00 bits per heavy atom. The minimum atomic E-state index is -0.673. The molecule has 2 aromatic carbocycles. The summed E-state index contributed by atoms with van der Waals surface area (Å²) < 4.78 is 14.8. The van der Waals surface area contributed by atoms with Gasteiger partial charge in [-0.1, -0.05) is 30.3 Å². The maximum atomic E-state index is 12.7. The Hall–Kier alpha value is -3.52. The fourth-order valence-corrected chi connectivity index (χ4v) is 3.52. The van der Waals surface area contributed by atoms with Crippen LogP contribution in [0.4, 0.5) is 0 Å². The van der Waals surface area contributed by atoms with Crippen LogP contribution in [-0.2, 0) is 9.47 Å². The van der Waals surface area contributed by atoms with E-state index >= 15 is 0 Å². The number of ether oxygens (including phenoxy) is 3. The highest BCUT2D eigenvalue weighted by atomic mass is 32.1. The molecule has 1 aromatic heterocycles. The van der Waals surface area contributed by atoms with E-state index in [0.29, 0.717) is 15.6 Å². The molecular weight excluding hydrogens is 394 g/mol. The van der Waals surface area contributed by atoms with Crippen LogP contribution in [0.15, 0.2) is 48.5 Å². The third kappa shape index (κ3) is 4.49. The third-order valence-corrected chi connectivity index (χ3v) is 5.15. The molecule has 0 radical (unpaired) electrons. The van der Waals surface area contributed by atoms with E-state index < -0.39 is 17.9 Å². The number of benzene rings is 2. The van der Waals surface area contributed by atoms with Crippen molar-refractivity contribution < 1.29 is 28.6 Å². The van der Waals surface area contributed by atoms with Gasteiger partial charge in [-0.15, -0.1) is 11.3 Å². The van der Waals surface area contributed by atoms with Gasteiger partial charge in [-0.25, -0.2) is 19.4 Å². The smallest absolute Gasteiger partial charge is 0.355 e. The fourth-order valence-electron chi connectivity index (χ4n) is 2.57. The molecule has 148 valence electrons. The molecule has 0 amide bonds. The van der Waals surface area contributed by atoms with Crippen LogP contribution >= 0.6 is 11.3 Å². The molecule has 0 saturated heterocycles. The molecule has 29 heavy (non-hydrogen) atoms. The topological polar surface area (TPSA) is 91.8 Å². The highest BCUT2D eigenvalue weighted by Crippen LogP contribution is 2.29. The summed E-state index contributed by atoms with van der Waals surface area (Å²) in [5.41, 5.74) is 1.53. The summed E-state index contributed by atoms with van der Waals surface area (Å²) >= 11 is 1.20. The Kier molecular flexibility index (Phi) is 6.04. The second kappa shape index (κ2) is 8.66. The first kappa shape index (κ1) is 20.2. The second-order valence-electron chi connectivity index (χ2n) is 5.92. The quantitative estimate of drug-likeness (QED) is 0.464. The number of thiazole rings is 1. The predicted octanol–water partition coefficient (Wildman–Crippen LogP) is 3.91. The molecule has 0 aliphatic carbocycles. The second-order valence-corrected chi connectivity index (χ2v) is 6.92. The van der Waals surface area contributed by atoms with Crippen molar-refractivity contribution in [3.63, 3.8) is 0 Å². The van der Waals surface area contributed by atoms with Gasteiger partial charge in [0.25, 0.3) is 0 Å². The largest absolute Gasteiger partial charge is 0.465 e. The van der Waals surface area contributed by atoms with Crippen molar-refractivity contribution in [3.8, 4) is 16.3 Å². The molecule has 3 aromatic rings. The summed E-state index contributed by atoms with van der Waals surface area (Å²) in [5.74, 6) is -1.96. The monoisotopic (exact) mass is 411 g/mol. The molecule has 0 bridgehead atoms. The van der Waals surface area contributed by atoms with Crippen LogP contribution in [-0.4, -0.2) is 37.1 Å². The van der Waals surface area contributed by atoms with Crippen LogP contribution in [0.2, 0.25) is 0 Å². The number of esters is 3. The maximum Gasteiger partial charge on any atom is 0.355 e. The number of nitrogens with zero attached hydrogens (tertiary/aromatic N) is 1. The summed E-state index contributed by atoms with van der Waals surface area (Å²) in [7, 11) is 2.43. The van der Waals surface area contributed by atoms with E-state index in [1.807, 2.05) is 30.3 Å². The van der Waals surface area contributed by atoms with E-state index in [2.05, 4.69) is 14.5 Å². The van der Waals surface area contributed by atoms with E-state index in [9.17, 15) is 14.4 Å². The van der Waals surface area contributed by atoms with Gasteiger partial charge in [-0.3, -0.25) is 0 Å². The summed E-state index contributed by atoms with van der Waals surface area (Å²) in [6.45, 7) is 1.71. The molecule has 3 rings (SSSR count). The van der Waals surface area contributed by atoms with Crippen LogP contribution in [0.3, 0.4) is 0 Å². The zero-order valence-electron chi connectivity index (χ0n) is 15.9. The Morgan fingerprint density at radius 2 is 1.45 bits per heavy atom. The van der Waals surface area contributed by atoms with Gasteiger partial charge in [0, 0.05) is 5.56 Å². The van der Waals surface area contributed by atoms with Crippen molar-refractivity contribution >= 4 is 29.2 Å². The summed E-state index contributed by atoms with van der Waals surface area (Å²) in [4.78, 5) is 41.2. The Labute approximate surface area is 170 Å². The van der Waals surface area contributed by atoms with Gasteiger partial charge in [0.2, 0.25) is 0 Å². The van der Waals surface area contributed by atoms with Crippen molar-refractivity contribution in [2.24, 2.45) is 0 Å². The van der Waals surface area contributed by atoms with E-state index in [1.54, 1.807) is 6.92 Å². The number of rotatable bonds is 5. The average molecular weight is 411 g/mol. The van der Waals surface area contributed by atoms with Gasteiger partial charge in [-0.2, -0.15) is 0 Å². The van der Waals surface area contributed by atoms with E-state index in [-0.39, 0.29) is 16.9 Å². The van der Waals surface area contributed by atoms with Gasteiger partial charge in [-0.05, 0) is 25.1 Å². The number of hydrogen-bond donors (Lipinski definition) is 0. The molecule has 7 nitrogen and oxygen atoms in total. The van der Waals surface area contributed by atoms with Crippen molar-refractivity contribution in [2.45, 2.75) is 6.92 Å². The van der Waals surface area contributed by atoms with Gasteiger partial charge < -0.3 is 14.2 Å². The molecular formula is C21H17NO6S. The van der Waals surface area contributed by atoms with Crippen LogP contribution in [0, 0.1) is 6.92 Å². The van der Waals surface area contributed by atoms with Gasteiger partial charge >= 0.3 is 17.9 Å².